The molecule has 90 valence electrons. The van der Waals surface area contributed by atoms with Crippen molar-refractivity contribution < 1.29 is 4.74 Å². The number of nitriles is 1. The van der Waals surface area contributed by atoms with Gasteiger partial charge in [0.1, 0.15) is 6.61 Å². The molecule has 0 aliphatic heterocycles. The number of hydrogen-bond acceptors (Lipinski definition) is 4. The van der Waals surface area contributed by atoms with Gasteiger partial charge < -0.3 is 10.5 Å². The van der Waals surface area contributed by atoms with Crippen LogP contribution in [0.15, 0.2) is 36.4 Å². The van der Waals surface area contributed by atoms with Crippen LogP contribution in [0.4, 0.5) is 5.69 Å². The van der Waals surface area contributed by atoms with E-state index in [0.717, 1.165) is 16.9 Å². The van der Waals surface area contributed by atoms with E-state index in [9.17, 15) is 0 Å². The Kier molecular flexibility index (Phi) is 3.44. The summed E-state index contributed by atoms with van der Waals surface area (Å²) >= 11 is 0. The lowest BCUT2D eigenvalue weighted by Gasteiger charge is -2.06. The minimum atomic E-state index is 0.404. The van der Waals surface area contributed by atoms with Gasteiger partial charge in [0, 0.05) is 17.4 Å². The third-order valence-corrected chi connectivity index (χ3v) is 2.43. The minimum Gasteiger partial charge on any atom is -0.473 e. The van der Waals surface area contributed by atoms with E-state index in [1.54, 1.807) is 12.1 Å². The Labute approximate surface area is 106 Å². The topological polar surface area (TPSA) is 71.9 Å². The molecule has 4 nitrogen and oxygen atoms in total. The molecule has 1 aromatic carbocycles. The maximum Gasteiger partial charge on any atom is 0.215 e. The summed E-state index contributed by atoms with van der Waals surface area (Å²) in [5.41, 5.74) is 8.65. The fraction of sp³-hybridized carbons (Fsp3) is 0.143. The fourth-order valence-corrected chi connectivity index (χ4v) is 1.55. The molecule has 2 rings (SSSR count). The van der Waals surface area contributed by atoms with Crippen LogP contribution in [0.25, 0.3) is 0 Å². The molecule has 0 aliphatic carbocycles. The molecule has 0 atom stereocenters. The number of nitrogens with zero attached hydrogens (tertiary/aromatic N) is 2. The summed E-state index contributed by atoms with van der Waals surface area (Å²) in [6.07, 6.45) is 0. The zero-order valence-electron chi connectivity index (χ0n) is 10.1. The smallest absolute Gasteiger partial charge is 0.215 e. The minimum absolute atomic E-state index is 0.404. The highest BCUT2D eigenvalue weighted by molar-refractivity contribution is 5.39. The Morgan fingerprint density at radius 1 is 1.28 bits per heavy atom. The summed E-state index contributed by atoms with van der Waals surface area (Å²) in [6.45, 7) is 2.23. The summed E-state index contributed by atoms with van der Waals surface area (Å²) < 4.78 is 5.55. The van der Waals surface area contributed by atoms with E-state index in [1.165, 1.54) is 0 Å². The maximum absolute atomic E-state index is 8.86. The second-order valence-electron chi connectivity index (χ2n) is 3.98. The molecule has 0 saturated carbocycles. The van der Waals surface area contributed by atoms with Crippen molar-refractivity contribution in [1.29, 1.82) is 5.26 Å². The van der Waals surface area contributed by atoms with Crippen LogP contribution in [-0.2, 0) is 6.61 Å². The molecule has 1 aromatic heterocycles. The fourth-order valence-electron chi connectivity index (χ4n) is 1.55. The van der Waals surface area contributed by atoms with E-state index >= 15 is 0 Å². The van der Waals surface area contributed by atoms with Crippen molar-refractivity contribution in [2.24, 2.45) is 0 Å². The first-order valence-electron chi connectivity index (χ1n) is 5.53. The molecule has 18 heavy (non-hydrogen) atoms. The van der Waals surface area contributed by atoms with E-state index in [-0.39, 0.29) is 0 Å². The Morgan fingerprint density at radius 2 is 2.00 bits per heavy atom. The molecular formula is C14H13N3O. The van der Waals surface area contributed by atoms with Crippen molar-refractivity contribution in [2.75, 3.05) is 5.73 Å². The summed E-state index contributed by atoms with van der Waals surface area (Å²) in [4.78, 5) is 4.22. The van der Waals surface area contributed by atoms with Gasteiger partial charge in [0.15, 0.2) is 0 Å². The molecule has 2 N–H and O–H groups in total. The second-order valence-corrected chi connectivity index (χ2v) is 3.98. The van der Waals surface area contributed by atoms with Gasteiger partial charge in [-0.25, -0.2) is 4.98 Å². The van der Waals surface area contributed by atoms with Crippen LogP contribution < -0.4 is 10.5 Å². The Morgan fingerprint density at radius 3 is 2.67 bits per heavy atom. The molecule has 0 spiro atoms. The lowest BCUT2D eigenvalue weighted by molar-refractivity contribution is 0.293. The van der Waals surface area contributed by atoms with Gasteiger partial charge in [0.25, 0.3) is 0 Å². The van der Waals surface area contributed by atoms with Gasteiger partial charge >= 0.3 is 0 Å². The predicted molar refractivity (Wildman–Crippen MR) is 68.9 cm³/mol. The first kappa shape index (κ1) is 11.9. The average molecular weight is 239 g/mol. The molecule has 2 aromatic rings. The normalized spacial score (nSPS) is 9.78. The van der Waals surface area contributed by atoms with Gasteiger partial charge in [-0.2, -0.15) is 5.26 Å². The maximum atomic E-state index is 8.86. The van der Waals surface area contributed by atoms with Gasteiger partial charge in [-0.1, -0.05) is 12.1 Å². The van der Waals surface area contributed by atoms with Crippen molar-refractivity contribution in [3.63, 3.8) is 0 Å². The van der Waals surface area contributed by atoms with Crippen molar-refractivity contribution in [3.8, 4) is 11.9 Å². The lowest BCUT2D eigenvalue weighted by atomic mass is 10.2. The van der Waals surface area contributed by atoms with E-state index in [4.69, 9.17) is 15.7 Å². The highest BCUT2D eigenvalue weighted by atomic mass is 16.5. The van der Waals surface area contributed by atoms with Gasteiger partial charge in [-0.05, 0) is 30.7 Å². The van der Waals surface area contributed by atoms with Crippen LogP contribution in [0.2, 0.25) is 0 Å². The molecular weight excluding hydrogens is 226 g/mol. The van der Waals surface area contributed by atoms with Crippen LogP contribution in [0, 0.1) is 18.3 Å². The van der Waals surface area contributed by atoms with E-state index in [0.29, 0.717) is 18.1 Å². The van der Waals surface area contributed by atoms with Crippen LogP contribution in [0.5, 0.6) is 5.88 Å². The quantitative estimate of drug-likeness (QED) is 0.835. The number of rotatable bonds is 3. The molecule has 0 amide bonds. The predicted octanol–water partition coefficient (Wildman–Crippen LogP) is 2.42. The van der Waals surface area contributed by atoms with Crippen LogP contribution in [0.3, 0.4) is 0 Å². The molecule has 0 radical (unpaired) electrons. The highest BCUT2D eigenvalue weighted by Gasteiger charge is 2.01. The van der Waals surface area contributed by atoms with Crippen molar-refractivity contribution in [3.05, 3.63) is 53.2 Å². The molecule has 0 aliphatic rings. The standard InChI is InChI=1S/C14H13N3O/c1-10-6-12(8-15)7-14(17-10)18-9-11-2-4-13(16)5-3-11/h2-7H,9,16H2,1H3. The third kappa shape index (κ3) is 2.98. The first-order valence-corrected chi connectivity index (χ1v) is 5.53. The molecule has 0 fully saturated rings. The number of pyridine rings is 1. The number of aromatic nitrogens is 1. The van der Waals surface area contributed by atoms with Crippen LogP contribution in [-0.4, -0.2) is 4.98 Å². The number of hydrogen-bond donors (Lipinski definition) is 1. The van der Waals surface area contributed by atoms with Crippen molar-refractivity contribution in [1.82, 2.24) is 4.98 Å². The van der Waals surface area contributed by atoms with E-state index in [2.05, 4.69) is 11.1 Å². The summed E-state index contributed by atoms with van der Waals surface area (Å²) in [5, 5.41) is 8.86. The Balaban J connectivity index is 2.08. The summed E-state index contributed by atoms with van der Waals surface area (Å²) in [6, 6.07) is 12.9. The first-order chi connectivity index (χ1) is 8.67. The second kappa shape index (κ2) is 5.19. The van der Waals surface area contributed by atoms with Gasteiger partial charge in [0.2, 0.25) is 5.88 Å². The van der Waals surface area contributed by atoms with Gasteiger partial charge in [0.05, 0.1) is 11.6 Å². The largest absolute Gasteiger partial charge is 0.473 e. The molecule has 1 heterocycles. The number of aryl methyl sites for hydroxylation is 1. The molecule has 0 bridgehead atoms. The van der Waals surface area contributed by atoms with Crippen LogP contribution in [0.1, 0.15) is 16.8 Å². The average Bonchev–Trinajstić information content (AvgIpc) is 2.37. The van der Waals surface area contributed by atoms with Crippen LogP contribution >= 0.6 is 0 Å². The van der Waals surface area contributed by atoms with E-state index < -0.39 is 0 Å². The van der Waals surface area contributed by atoms with Gasteiger partial charge in [-0.3, -0.25) is 0 Å². The molecule has 0 saturated heterocycles. The highest BCUT2D eigenvalue weighted by Crippen LogP contribution is 2.14. The van der Waals surface area contributed by atoms with Crippen molar-refractivity contribution >= 4 is 5.69 Å². The SMILES string of the molecule is Cc1cc(C#N)cc(OCc2ccc(N)cc2)n1. The number of ether oxygens (including phenoxy) is 1. The zero-order chi connectivity index (χ0) is 13.0. The monoisotopic (exact) mass is 239 g/mol. The number of anilines is 1. The number of nitrogen functional groups attached to an aromatic ring is 1. The Bertz CT molecular complexity index is 585. The number of nitrogens with two attached hydrogens (primary N) is 1. The lowest BCUT2D eigenvalue weighted by Crippen LogP contribution is -1.99. The van der Waals surface area contributed by atoms with Gasteiger partial charge in [-0.15, -0.1) is 0 Å². The van der Waals surface area contributed by atoms with E-state index in [1.807, 2.05) is 31.2 Å². The number of benzene rings is 1. The molecule has 0 unspecified atom stereocenters. The van der Waals surface area contributed by atoms with Crippen molar-refractivity contribution in [2.45, 2.75) is 13.5 Å². The molecule has 4 heteroatoms. The third-order valence-electron chi connectivity index (χ3n) is 2.43. The summed E-state index contributed by atoms with van der Waals surface area (Å²) in [5.74, 6) is 0.461. The summed E-state index contributed by atoms with van der Waals surface area (Å²) in [7, 11) is 0. The Hall–Kier alpha value is -2.54. The zero-order valence-corrected chi connectivity index (χ0v) is 10.1.